The van der Waals surface area contributed by atoms with Gasteiger partial charge in [-0.3, -0.25) is 5.10 Å². The summed E-state index contributed by atoms with van der Waals surface area (Å²) in [4.78, 5) is 4.02. The van der Waals surface area contributed by atoms with Gasteiger partial charge in [0.05, 0.1) is 17.3 Å². The lowest BCUT2D eigenvalue weighted by atomic mass is 9.72. The molecule has 8 nitrogen and oxygen atoms in total. The topological polar surface area (TPSA) is 105 Å². The lowest BCUT2D eigenvalue weighted by molar-refractivity contribution is -0.141. The Bertz CT molecular complexity index is 1480. The fourth-order valence-corrected chi connectivity index (χ4v) is 6.11. The predicted molar refractivity (Wildman–Crippen MR) is 140 cm³/mol. The number of nitrogens with zero attached hydrogens (tertiary/aromatic N) is 5. The number of alkyl halides is 3. The summed E-state index contributed by atoms with van der Waals surface area (Å²) >= 11 is 0. The minimum absolute atomic E-state index is 0.0430. The van der Waals surface area contributed by atoms with E-state index in [2.05, 4.69) is 30.7 Å². The third-order valence-electron chi connectivity index (χ3n) is 8.39. The van der Waals surface area contributed by atoms with Crippen molar-refractivity contribution in [2.75, 3.05) is 0 Å². The van der Waals surface area contributed by atoms with Gasteiger partial charge in [0.1, 0.15) is 23.5 Å². The van der Waals surface area contributed by atoms with E-state index in [-0.39, 0.29) is 17.7 Å². The minimum Gasteiger partial charge on any atom is -0.392 e. The van der Waals surface area contributed by atoms with Crippen molar-refractivity contribution in [1.82, 2.24) is 35.3 Å². The predicted octanol–water partition coefficient (Wildman–Crippen LogP) is 5.27. The molecule has 4 atom stereocenters. The molecule has 3 N–H and O–H groups in total. The number of hydrogen-bond donors (Lipinski definition) is 3. The van der Waals surface area contributed by atoms with Crippen molar-refractivity contribution in [3.63, 3.8) is 0 Å². The van der Waals surface area contributed by atoms with Crippen molar-refractivity contribution in [1.29, 1.82) is 0 Å². The lowest BCUT2D eigenvalue weighted by Crippen LogP contribution is -2.37. The van der Waals surface area contributed by atoms with Crippen LogP contribution in [0.5, 0.6) is 0 Å². The van der Waals surface area contributed by atoms with Crippen LogP contribution < -0.4 is 5.32 Å². The van der Waals surface area contributed by atoms with Gasteiger partial charge in [-0.1, -0.05) is 24.6 Å². The SMILES string of the molecule is C[C@@H](N[C@@H]1CCC[C@@H]1O)c1nc(C(F)(F)F)cc2c(-c3cccc([C@H](c4nncn4C)C4CCC4)c3)n[nH]c12. The first-order valence-corrected chi connectivity index (χ1v) is 13.5. The molecule has 39 heavy (non-hydrogen) atoms. The van der Waals surface area contributed by atoms with E-state index >= 15 is 0 Å². The van der Waals surface area contributed by atoms with E-state index in [1.807, 2.05) is 35.9 Å². The largest absolute Gasteiger partial charge is 0.433 e. The zero-order valence-electron chi connectivity index (χ0n) is 21.9. The van der Waals surface area contributed by atoms with Crippen LogP contribution in [0.4, 0.5) is 13.2 Å². The number of nitrogens with one attached hydrogen (secondary N) is 2. The Morgan fingerprint density at radius 2 is 1.92 bits per heavy atom. The molecule has 0 radical (unpaired) electrons. The third kappa shape index (κ3) is 4.82. The Kier molecular flexibility index (Phi) is 6.66. The Hall–Kier alpha value is -3.31. The molecule has 0 saturated heterocycles. The van der Waals surface area contributed by atoms with Gasteiger partial charge in [-0.05, 0) is 62.6 Å². The van der Waals surface area contributed by atoms with Crippen molar-refractivity contribution in [3.05, 3.63) is 59.4 Å². The van der Waals surface area contributed by atoms with E-state index in [0.717, 1.165) is 48.7 Å². The van der Waals surface area contributed by atoms with Crippen molar-refractivity contribution in [3.8, 4) is 11.3 Å². The number of pyridine rings is 1. The van der Waals surface area contributed by atoms with E-state index in [1.165, 1.54) is 6.42 Å². The minimum atomic E-state index is -4.62. The number of aryl methyl sites for hydroxylation is 1. The number of aliphatic hydroxyl groups excluding tert-OH is 1. The van der Waals surface area contributed by atoms with Gasteiger partial charge in [0.15, 0.2) is 0 Å². The second kappa shape index (κ2) is 10.0. The van der Waals surface area contributed by atoms with Crippen molar-refractivity contribution >= 4 is 10.9 Å². The van der Waals surface area contributed by atoms with Crippen LogP contribution in [0, 0.1) is 5.92 Å². The number of halogens is 3. The molecular weight excluding hydrogens is 507 g/mol. The molecule has 0 aliphatic heterocycles. The highest BCUT2D eigenvalue weighted by atomic mass is 19.4. The standard InChI is InChI=1S/C28H32F3N7O/c1-15(33-20-10-5-11-21(20)39)24-26-19(13-22(34-24)28(29,30)31)25(35-36-26)18-9-4-8-17(12-18)23(16-6-3-7-16)27-37-32-14-38(27)2/h4,8-9,12-16,20-21,23,33,39H,3,5-7,10-11H2,1-2H3,(H,35,36)/t15-,20-,21+,23-/m1/s1. The Morgan fingerprint density at radius 1 is 1.13 bits per heavy atom. The van der Waals surface area contributed by atoms with Gasteiger partial charge in [0.25, 0.3) is 0 Å². The molecule has 3 heterocycles. The Morgan fingerprint density at radius 3 is 2.56 bits per heavy atom. The van der Waals surface area contributed by atoms with E-state index in [0.29, 0.717) is 28.9 Å². The molecule has 4 aromatic rings. The van der Waals surface area contributed by atoms with Crippen LogP contribution in [-0.4, -0.2) is 47.2 Å². The molecule has 2 aliphatic carbocycles. The summed E-state index contributed by atoms with van der Waals surface area (Å²) in [5.74, 6) is 1.36. The number of benzene rings is 1. The number of H-pyrrole nitrogens is 1. The maximum Gasteiger partial charge on any atom is 0.433 e. The summed E-state index contributed by atoms with van der Waals surface area (Å²) in [5.41, 5.74) is 1.94. The van der Waals surface area contributed by atoms with Crippen LogP contribution >= 0.6 is 0 Å². The van der Waals surface area contributed by atoms with E-state index in [9.17, 15) is 18.3 Å². The van der Waals surface area contributed by atoms with Crippen molar-refractivity contribution < 1.29 is 18.3 Å². The molecule has 2 fully saturated rings. The molecule has 0 spiro atoms. The van der Waals surface area contributed by atoms with Crippen LogP contribution in [0.2, 0.25) is 0 Å². The van der Waals surface area contributed by atoms with Crippen molar-refractivity contribution in [2.24, 2.45) is 13.0 Å². The van der Waals surface area contributed by atoms with E-state index in [1.54, 1.807) is 13.3 Å². The van der Waals surface area contributed by atoms with Gasteiger partial charge in [0, 0.05) is 36.0 Å². The average molecular weight is 540 g/mol. The maximum atomic E-state index is 14.0. The summed E-state index contributed by atoms with van der Waals surface area (Å²) in [6.07, 6.45) is 2.23. The highest BCUT2D eigenvalue weighted by Gasteiger charge is 2.36. The van der Waals surface area contributed by atoms with Crippen LogP contribution in [-0.2, 0) is 13.2 Å². The number of aliphatic hydroxyl groups is 1. The van der Waals surface area contributed by atoms with Gasteiger partial charge >= 0.3 is 6.18 Å². The van der Waals surface area contributed by atoms with Crippen LogP contribution in [0.15, 0.2) is 36.7 Å². The number of rotatable bonds is 7. The molecule has 0 unspecified atom stereocenters. The molecule has 2 aliphatic rings. The normalized spacial score (nSPS) is 21.8. The van der Waals surface area contributed by atoms with E-state index in [4.69, 9.17) is 0 Å². The second-order valence-electron chi connectivity index (χ2n) is 11.0. The highest BCUT2D eigenvalue weighted by molar-refractivity contribution is 5.94. The monoisotopic (exact) mass is 539 g/mol. The van der Waals surface area contributed by atoms with Gasteiger partial charge in [-0.15, -0.1) is 10.2 Å². The van der Waals surface area contributed by atoms with Gasteiger partial charge in [-0.2, -0.15) is 18.3 Å². The van der Waals surface area contributed by atoms with Crippen LogP contribution in [0.3, 0.4) is 0 Å². The molecule has 11 heteroatoms. The fourth-order valence-electron chi connectivity index (χ4n) is 6.11. The van der Waals surface area contributed by atoms with Crippen LogP contribution in [0.25, 0.3) is 22.2 Å². The zero-order valence-corrected chi connectivity index (χ0v) is 21.9. The Labute approximate surface area is 224 Å². The molecule has 2 saturated carbocycles. The number of aromatic nitrogens is 6. The van der Waals surface area contributed by atoms with Crippen LogP contribution in [0.1, 0.15) is 80.2 Å². The summed E-state index contributed by atoms with van der Waals surface area (Å²) in [6.45, 7) is 1.78. The summed E-state index contributed by atoms with van der Waals surface area (Å²) in [6, 6.07) is 8.22. The van der Waals surface area contributed by atoms with Crippen molar-refractivity contribution in [2.45, 2.75) is 75.7 Å². The quantitative estimate of drug-likeness (QED) is 0.296. The third-order valence-corrected chi connectivity index (χ3v) is 8.39. The first-order valence-electron chi connectivity index (χ1n) is 13.5. The number of fused-ring (bicyclic) bond motifs is 1. The number of hydrogen-bond acceptors (Lipinski definition) is 6. The van der Waals surface area contributed by atoms with Gasteiger partial charge in [0.2, 0.25) is 0 Å². The molecule has 0 bridgehead atoms. The van der Waals surface area contributed by atoms with E-state index < -0.39 is 24.0 Å². The highest BCUT2D eigenvalue weighted by Crippen LogP contribution is 2.44. The average Bonchev–Trinajstić information content (AvgIpc) is 3.60. The smallest absolute Gasteiger partial charge is 0.392 e. The first kappa shape index (κ1) is 25.9. The summed E-state index contributed by atoms with van der Waals surface area (Å²) in [7, 11) is 1.93. The lowest BCUT2D eigenvalue weighted by Gasteiger charge is -2.33. The first-order chi connectivity index (χ1) is 18.7. The molecular formula is C28H32F3N7O. The molecule has 1 aromatic carbocycles. The van der Waals surface area contributed by atoms with Gasteiger partial charge < -0.3 is 15.0 Å². The molecule has 6 rings (SSSR count). The number of aromatic amines is 1. The zero-order chi connectivity index (χ0) is 27.3. The molecule has 206 valence electrons. The maximum absolute atomic E-state index is 14.0. The summed E-state index contributed by atoms with van der Waals surface area (Å²) < 4.78 is 43.9. The van der Waals surface area contributed by atoms with Gasteiger partial charge in [-0.25, -0.2) is 4.98 Å². The Balaban J connectivity index is 1.43. The molecule has 3 aromatic heterocycles. The molecule has 0 amide bonds. The fraction of sp³-hybridized carbons (Fsp3) is 0.500. The summed E-state index contributed by atoms with van der Waals surface area (Å²) in [5, 5.41) is 29.9. The second-order valence-corrected chi connectivity index (χ2v) is 11.0.